The zero-order chi connectivity index (χ0) is 16.0. The van der Waals surface area contributed by atoms with E-state index in [9.17, 15) is 0 Å². The predicted molar refractivity (Wildman–Crippen MR) is 89.2 cm³/mol. The molecular formula is C16H22N6O. The summed E-state index contributed by atoms with van der Waals surface area (Å²) in [4.78, 5) is 11.3. The molecule has 2 N–H and O–H groups in total. The van der Waals surface area contributed by atoms with Crippen molar-refractivity contribution in [2.24, 2.45) is 7.05 Å². The minimum absolute atomic E-state index is 0.0962. The number of ether oxygens (including phenoxy) is 1. The van der Waals surface area contributed by atoms with Crippen molar-refractivity contribution in [3.05, 3.63) is 17.8 Å². The number of nitrogens with two attached hydrogens (primary N) is 1. The fourth-order valence-corrected chi connectivity index (χ4v) is 3.53. The van der Waals surface area contributed by atoms with Gasteiger partial charge in [0.05, 0.1) is 23.8 Å². The Kier molecular flexibility index (Phi) is 3.26. The standard InChI is InChI=1S/C16H22N6O/c1-11-3-8-23-16(9-11)4-6-22(7-5-16)15-19-13(17)12-10-18-21(2)14(12)20-15/h9-10H,3-8H2,1-2H3,(H2,17,19,20). The van der Waals surface area contributed by atoms with Crippen molar-refractivity contribution >= 4 is 22.8 Å². The minimum Gasteiger partial charge on any atom is -0.383 e. The average molecular weight is 314 g/mol. The highest BCUT2D eigenvalue weighted by molar-refractivity contribution is 5.86. The molecule has 7 heteroatoms. The van der Waals surface area contributed by atoms with Gasteiger partial charge in [-0.15, -0.1) is 0 Å². The SMILES string of the molecule is CC1=CC2(CCN(c3nc(N)c4cnn(C)c4n3)CC2)OCC1. The molecule has 0 unspecified atom stereocenters. The Hall–Kier alpha value is -2.15. The Morgan fingerprint density at radius 3 is 2.78 bits per heavy atom. The van der Waals surface area contributed by atoms with Gasteiger partial charge in [-0.3, -0.25) is 4.68 Å². The van der Waals surface area contributed by atoms with Crippen molar-refractivity contribution in [2.75, 3.05) is 30.3 Å². The smallest absolute Gasteiger partial charge is 0.229 e. The number of aryl methyl sites for hydroxylation is 1. The second-order valence-corrected chi connectivity index (χ2v) is 6.56. The van der Waals surface area contributed by atoms with Crippen LogP contribution in [0.25, 0.3) is 11.0 Å². The third-order valence-corrected chi connectivity index (χ3v) is 4.90. The lowest BCUT2D eigenvalue weighted by Gasteiger charge is -2.42. The van der Waals surface area contributed by atoms with Crippen LogP contribution in [0.4, 0.5) is 11.8 Å². The highest BCUT2D eigenvalue weighted by Crippen LogP contribution is 2.34. The van der Waals surface area contributed by atoms with Crippen molar-refractivity contribution in [3.63, 3.8) is 0 Å². The molecule has 2 aliphatic heterocycles. The lowest BCUT2D eigenvalue weighted by Crippen LogP contribution is -2.47. The maximum Gasteiger partial charge on any atom is 0.229 e. The minimum atomic E-state index is -0.0962. The van der Waals surface area contributed by atoms with Crippen LogP contribution < -0.4 is 10.6 Å². The number of aromatic nitrogens is 4. The van der Waals surface area contributed by atoms with E-state index in [1.54, 1.807) is 10.9 Å². The molecule has 23 heavy (non-hydrogen) atoms. The molecule has 7 nitrogen and oxygen atoms in total. The first-order valence-electron chi connectivity index (χ1n) is 8.09. The lowest BCUT2D eigenvalue weighted by molar-refractivity contribution is -0.0326. The van der Waals surface area contributed by atoms with E-state index in [1.165, 1.54) is 5.57 Å². The maximum atomic E-state index is 6.08. The van der Waals surface area contributed by atoms with E-state index >= 15 is 0 Å². The molecule has 1 fully saturated rings. The van der Waals surface area contributed by atoms with Crippen LogP contribution in [-0.2, 0) is 11.8 Å². The van der Waals surface area contributed by atoms with Gasteiger partial charge in [-0.1, -0.05) is 11.6 Å². The van der Waals surface area contributed by atoms with Gasteiger partial charge in [0.2, 0.25) is 5.95 Å². The molecule has 1 spiro atoms. The summed E-state index contributed by atoms with van der Waals surface area (Å²) in [6, 6.07) is 0. The molecule has 1 saturated heterocycles. The van der Waals surface area contributed by atoms with Crippen molar-refractivity contribution in [1.82, 2.24) is 19.7 Å². The third-order valence-electron chi connectivity index (χ3n) is 4.90. The van der Waals surface area contributed by atoms with E-state index in [1.807, 2.05) is 7.05 Å². The number of hydrogen-bond donors (Lipinski definition) is 1. The molecule has 0 bridgehead atoms. The Bertz CT molecular complexity index is 772. The highest BCUT2D eigenvalue weighted by atomic mass is 16.5. The van der Waals surface area contributed by atoms with Gasteiger partial charge in [0, 0.05) is 20.1 Å². The number of anilines is 2. The molecule has 0 aromatic carbocycles. The molecule has 0 saturated carbocycles. The summed E-state index contributed by atoms with van der Waals surface area (Å²) in [6.07, 6.45) is 6.98. The molecule has 0 aliphatic carbocycles. The first-order valence-corrected chi connectivity index (χ1v) is 8.09. The zero-order valence-electron chi connectivity index (χ0n) is 13.6. The first kappa shape index (κ1) is 14.4. The van der Waals surface area contributed by atoms with Crippen molar-refractivity contribution in [3.8, 4) is 0 Å². The van der Waals surface area contributed by atoms with Gasteiger partial charge >= 0.3 is 0 Å². The number of nitrogens with zero attached hydrogens (tertiary/aromatic N) is 5. The molecule has 2 aliphatic rings. The Morgan fingerprint density at radius 2 is 2.04 bits per heavy atom. The van der Waals surface area contributed by atoms with Crippen LogP contribution in [-0.4, -0.2) is 45.0 Å². The molecule has 0 amide bonds. The van der Waals surface area contributed by atoms with Gasteiger partial charge in [0.15, 0.2) is 5.65 Å². The number of rotatable bonds is 1. The van der Waals surface area contributed by atoms with E-state index in [0.717, 1.165) is 50.0 Å². The molecule has 0 radical (unpaired) electrons. The first-order chi connectivity index (χ1) is 11.1. The summed E-state index contributed by atoms with van der Waals surface area (Å²) in [7, 11) is 1.87. The second-order valence-electron chi connectivity index (χ2n) is 6.56. The monoisotopic (exact) mass is 314 g/mol. The summed E-state index contributed by atoms with van der Waals surface area (Å²) in [5.41, 5.74) is 8.18. The van der Waals surface area contributed by atoms with Crippen molar-refractivity contribution < 1.29 is 4.74 Å². The molecule has 4 heterocycles. The molecule has 122 valence electrons. The van der Waals surface area contributed by atoms with Gasteiger partial charge in [-0.05, 0) is 26.2 Å². The van der Waals surface area contributed by atoms with E-state index in [-0.39, 0.29) is 5.60 Å². The number of piperidine rings is 1. The maximum absolute atomic E-state index is 6.08. The number of hydrogen-bond acceptors (Lipinski definition) is 6. The normalized spacial score (nSPS) is 21.0. The highest BCUT2D eigenvalue weighted by Gasteiger charge is 2.36. The third kappa shape index (κ3) is 2.45. The molecule has 2 aromatic heterocycles. The van der Waals surface area contributed by atoms with E-state index in [0.29, 0.717) is 11.8 Å². The van der Waals surface area contributed by atoms with Crippen molar-refractivity contribution in [2.45, 2.75) is 31.8 Å². The Morgan fingerprint density at radius 1 is 1.26 bits per heavy atom. The van der Waals surface area contributed by atoms with Crippen LogP contribution in [0.1, 0.15) is 26.2 Å². The summed E-state index contributed by atoms with van der Waals surface area (Å²) in [6.45, 7) is 4.75. The van der Waals surface area contributed by atoms with Gasteiger partial charge in [-0.25, -0.2) is 0 Å². The molecular weight excluding hydrogens is 292 g/mol. The van der Waals surface area contributed by atoms with Crippen LogP contribution >= 0.6 is 0 Å². The summed E-state index contributed by atoms with van der Waals surface area (Å²) in [5.74, 6) is 1.17. The fraction of sp³-hybridized carbons (Fsp3) is 0.562. The number of nitrogen functional groups attached to an aromatic ring is 1. The fourth-order valence-electron chi connectivity index (χ4n) is 3.53. The van der Waals surface area contributed by atoms with Crippen molar-refractivity contribution in [1.29, 1.82) is 0 Å². The van der Waals surface area contributed by atoms with Gasteiger partial charge in [-0.2, -0.15) is 15.1 Å². The van der Waals surface area contributed by atoms with Gasteiger partial charge < -0.3 is 15.4 Å². The predicted octanol–water partition coefficient (Wildman–Crippen LogP) is 1.65. The summed E-state index contributed by atoms with van der Waals surface area (Å²) >= 11 is 0. The van der Waals surface area contributed by atoms with Crippen LogP contribution in [0.2, 0.25) is 0 Å². The topological polar surface area (TPSA) is 82.1 Å². The van der Waals surface area contributed by atoms with E-state index in [4.69, 9.17) is 10.5 Å². The second kappa shape index (κ2) is 5.19. The van der Waals surface area contributed by atoms with E-state index < -0.39 is 0 Å². The quantitative estimate of drug-likeness (QED) is 0.806. The van der Waals surface area contributed by atoms with Crippen LogP contribution in [0, 0.1) is 0 Å². The van der Waals surface area contributed by atoms with Gasteiger partial charge in [0.1, 0.15) is 5.82 Å². The Balaban J connectivity index is 1.59. The summed E-state index contributed by atoms with van der Waals surface area (Å²) < 4.78 is 7.81. The van der Waals surface area contributed by atoms with Crippen LogP contribution in [0.15, 0.2) is 17.8 Å². The molecule has 0 atom stereocenters. The summed E-state index contributed by atoms with van der Waals surface area (Å²) in [5, 5.41) is 5.01. The zero-order valence-corrected chi connectivity index (χ0v) is 13.6. The van der Waals surface area contributed by atoms with Crippen LogP contribution in [0.5, 0.6) is 0 Å². The number of fused-ring (bicyclic) bond motifs is 1. The molecule has 4 rings (SSSR count). The average Bonchev–Trinajstić information content (AvgIpc) is 2.90. The molecule has 2 aromatic rings. The largest absolute Gasteiger partial charge is 0.383 e. The Labute approximate surface area is 135 Å². The van der Waals surface area contributed by atoms with E-state index in [2.05, 4.69) is 33.0 Å². The lowest BCUT2D eigenvalue weighted by atomic mass is 9.87. The van der Waals surface area contributed by atoms with Gasteiger partial charge in [0.25, 0.3) is 0 Å². The van der Waals surface area contributed by atoms with Crippen LogP contribution in [0.3, 0.4) is 0 Å².